The van der Waals surface area contributed by atoms with E-state index in [0.29, 0.717) is 25.1 Å². The first kappa shape index (κ1) is 16.2. The summed E-state index contributed by atoms with van der Waals surface area (Å²) in [5, 5.41) is 0. The molecule has 4 heteroatoms. The van der Waals surface area contributed by atoms with Gasteiger partial charge in [0.05, 0.1) is 5.56 Å². The van der Waals surface area contributed by atoms with Crippen LogP contribution in [0.25, 0.3) is 0 Å². The third-order valence-electron chi connectivity index (χ3n) is 4.42. The van der Waals surface area contributed by atoms with Crippen molar-refractivity contribution in [1.29, 1.82) is 0 Å². The van der Waals surface area contributed by atoms with E-state index >= 15 is 0 Å². The number of cyclic esters (lactones) is 1. The number of carbonyl (C=O) groups is 2. The number of rotatable bonds is 4. The van der Waals surface area contributed by atoms with Crippen LogP contribution in [0, 0.1) is 0 Å². The highest BCUT2D eigenvalue weighted by atomic mass is 16.6. The molecule has 4 nitrogen and oxygen atoms in total. The molecule has 1 heterocycles. The second-order valence-electron chi connectivity index (χ2n) is 6.26. The van der Waals surface area contributed by atoms with Gasteiger partial charge in [0.15, 0.2) is 5.60 Å². The quantitative estimate of drug-likeness (QED) is 0.812. The molecule has 1 aliphatic heterocycles. The van der Waals surface area contributed by atoms with E-state index in [9.17, 15) is 9.59 Å². The van der Waals surface area contributed by atoms with Crippen molar-refractivity contribution in [1.82, 2.24) is 4.90 Å². The average molecular weight is 323 g/mol. The van der Waals surface area contributed by atoms with Gasteiger partial charge in [0.2, 0.25) is 0 Å². The molecule has 2 aromatic carbocycles. The van der Waals surface area contributed by atoms with Crippen LogP contribution in [0.1, 0.15) is 35.3 Å². The molecule has 0 fully saturated rings. The molecule has 0 N–H and O–H groups in total. The van der Waals surface area contributed by atoms with Crippen molar-refractivity contribution >= 4 is 11.9 Å². The van der Waals surface area contributed by atoms with Crippen molar-refractivity contribution in [2.75, 3.05) is 6.54 Å². The molecule has 1 amide bonds. The Labute approximate surface area is 142 Å². The number of amides is 1. The molecule has 0 saturated heterocycles. The van der Waals surface area contributed by atoms with Gasteiger partial charge >= 0.3 is 5.97 Å². The Kier molecular flexibility index (Phi) is 4.38. The number of carbonyl (C=O) groups excluding carboxylic acids is 2. The SMILES string of the molecule is CCN(Cc1ccccc1)C(=O)C1(C)Cc2ccccc2C(=O)O1. The molecule has 124 valence electrons. The lowest BCUT2D eigenvalue weighted by atomic mass is 9.89. The summed E-state index contributed by atoms with van der Waals surface area (Å²) in [4.78, 5) is 27.1. The van der Waals surface area contributed by atoms with E-state index < -0.39 is 11.6 Å². The maximum atomic E-state index is 13.1. The zero-order valence-corrected chi connectivity index (χ0v) is 14.0. The predicted molar refractivity (Wildman–Crippen MR) is 91.5 cm³/mol. The Morgan fingerprint density at radius 1 is 1.12 bits per heavy atom. The highest BCUT2D eigenvalue weighted by Gasteiger charge is 2.44. The molecule has 0 bridgehead atoms. The normalized spacial score (nSPS) is 19.3. The second kappa shape index (κ2) is 6.48. The smallest absolute Gasteiger partial charge is 0.339 e. The Balaban J connectivity index is 1.84. The third kappa shape index (κ3) is 3.04. The van der Waals surface area contributed by atoms with Crippen molar-refractivity contribution in [2.24, 2.45) is 0 Å². The molecule has 3 rings (SSSR count). The molecule has 1 atom stereocenters. The van der Waals surface area contributed by atoms with Crippen LogP contribution in [0.5, 0.6) is 0 Å². The van der Waals surface area contributed by atoms with Crippen LogP contribution in [0.3, 0.4) is 0 Å². The molecule has 24 heavy (non-hydrogen) atoms. The van der Waals surface area contributed by atoms with Gasteiger partial charge in [-0.3, -0.25) is 4.79 Å². The van der Waals surface area contributed by atoms with Crippen LogP contribution >= 0.6 is 0 Å². The summed E-state index contributed by atoms with van der Waals surface area (Å²) in [6, 6.07) is 17.1. The van der Waals surface area contributed by atoms with Gasteiger partial charge in [0.25, 0.3) is 5.91 Å². The lowest BCUT2D eigenvalue weighted by molar-refractivity contribution is -0.151. The lowest BCUT2D eigenvalue weighted by Crippen LogP contribution is -2.52. The summed E-state index contributed by atoms with van der Waals surface area (Å²) in [6.45, 7) is 4.70. The van der Waals surface area contributed by atoms with E-state index in [4.69, 9.17) is 4.74 Å². The summed E-state index contributed by atoms with van der Waals surface area (Å²) in [7, 11) is 0. The summed E-state index contributed by atoms with van der Waals surface area (Å²) in [5.41, 5.74) is 1.31. The van der Waals surface area contributed by atoms with Gasteiger partial charge in [-0.15, -0.1) is 0 Å². The number of fused-ring (bicyclic) bond motifs is 1. The molecule has 0 saturated carbocycles. The molecule has 0 aliphatic carbocycles. The minimum atomic E-state index is -1.16. The fraction of sp³-hybridized carbons (Fsp3) is 0.300. The van der Waals surface area contributed by atoms with Crippen LogP contribution < -0.4 is 0 Å². The summed E-state index contributed by atoms with van der Waals surface area (Å²) in [5.74, 6) is -0.583. The van der Waals surface area contributed by atoms with Gasteiger partial charge in [0, 0.05) is 19.5 Å². The van der Waals surface area contributed by atoms with Crippen molar-refractivity contribution < 1.29 is 14.3 Å². The first-order chi connectivity index (χ1) is 11.5. The van der Waals surface area contributed by atoms with Gasteiger partial charge in [-0.2, -0.15) is 0 Å². The largest absolute Gasteiger partial charge is 0.445 e. The molecule has 0 aromatic heterocycles. The van der Waals surface area contributed by atoms with E-state index in [1.807, 2.05) is 49.4 Å². The zero-order valence-electron chi connectivity index (χ0n) is 14.0. The van der Waals surface area contributed by atoms with Gasteiger partial charge in [-0.25, -0.2) is 4.79 Å². The van der Waals surface area contributed by atoms with Crippen molar-refractivity contribution in [3.05, 3.63) is 71.3 Å². The fourth-order valence-corrected chi connectivity index (χ4v) is 3.12. The first-order valence-electron chi connectivity index (χ1n) is 8.18. The Hall–Kier alpha value is -2.62. The number of likely N-dealkylation sites (N-methyl/N-ethyl adjacent to an activating group) is 1. The van der Waals surface area contributed by atoms with Crippen LogP contribution in [-0.2, 0) is 22.5 Å². The standard InChI is InChI=1S/C20H21NO3/c1-3-21(14-15-9-5-4-6-10-15)19(23)20(2)13-16-11-7-8-12-17(16)18(22)24-20/h4-12H,3,13-14H2,1-2H3. The van der Waals surface area contributed by atoms with E-state index in [-0.39, 0.29) is 5.91 Å². The van der Waals surface area contributed by atoms with Gasteiger partial charge < -0.3 is 9.64 Å². The average Bonchev–Trinajstić information content (AvgIpc) is 2.60. The highest BCUT2D eigenvalue weighted by molar-refractivity contribution is 5.97. The van der Waals surface area contributed by atoms with Crippen LogP contribution in [-0.4, -0.2) is 28.9 Å². The molecular weight excluding hydrogens is 302 g/mol. The van der Waals surface area contributed by atoms with E-state index in [1.54, 1.807) is 24.0 Å². The van der Waals surface area contributed by atoms with Crippen molar-refractivity contribution in [2.45, 2.75) is 32.4 Å². The number of hydrogen-bond donors (Lipinski definition) is 0. The summed E-state index contributed by atoms with van der Waals surface area (Å²) in [6.07, 6.45) is 0.402. The molecule has 2 aromatic rings. The minimum absolute atomic E-state index is 0.156. The number of benzene rings is 2. The van der Waals surface area contributed by atoms with E-state index in [1.165, 1.54) is 0 Å². The molecule has 0 radical (unpaired) electrons. The van der Waals surface area contributed by atoms with E-state index in [0.717, 1.165) is 11.1 Å². The molecular formula is C20H21NO3. The Morgan fingerprint density at radius 3 is 2.50 bits per heavy atom. The van der Waals surface area contributed by atoms with Gasteiger partial charge in [-0.05, 0) is 31.0 Å². The van der Waals surface area contributed by atoms with E-state index in [2.05, 4.69) is 0 Å². The lowest BCUT2D eigenvalue weighted by Gasteiger charge is -2.37. The van der Waals surface area contributed by atoms with Crippen molar-refractivity contribution in [3.63, 3.8) is 0 Å². The predicted octanol–water partition coefficient (Wildman–Crippen LogP) is 3.21. The van der Waals surface area contributed by atoms with Crippen molar-refractivity contribution in [3.8, 4) is 0 Å². The fourth-order valence-electron chi connectivity index (χ4n) is 3.12. The van der Waals surface area contributed by atoms with Crippen LogP contribution in [0.4, 0.5) is 0 Å². The third-order valence-corrected chi connectivity index (χ3v) is 4.42. The molecule has 1 unspecified atom stereocenters. The second-order valence-corrected chi connectivity index (χ2v) is 6.26. The Morgan fingerprint density at radius 2 is 1.79 bits per heavy atom. The first-order valence-corrected chi connectivity index (χ1v) is 8.18. The number of nitrogens with zero attached hydrogens (tertiary/aromatic N) is 1. The summed E-state index contributed by atoms with van der Waals surface area (Å²) >= 11 is 0. The Bertz CT molecular complexity index is 756. The highest BCUT2D eigenvalue weighted by Crippen LogP contribution is 2.30. The monoisotopic (exact) mass is 323 g/mol. The van der Waals surface area contributed by atoms with Gasteiger partial charge in [-0.1, -0.05) is 48.5 Å². The topological polar surface area (TPSA) is 46.6 Å². The number of ether oxygens (including phenoxy) is 1. The van der Waals surface area contributed by atoms with Gasteiger partial charge in [0.1, 0.15) is 0 Å². The molecule has 0 spiro atoms. The zero-order chi connectivity index (χ0) is 17.2. The summed E-state index contributed by atoms with van der Waals surface area (Å²) < 4.78 is 5.55. The maximum Gasteiger partial charge on any atom is 0.339 e. The minimum Gasteiger partial charge on any atom is -0.445 e. The van der Waals surface area contributed by atoms with Crippen LogP contribution in [0.2, 0.25) is 0 Å². The van der Waals surface area contributed by atoms with Crippen LogP contribution in [0.15, 0.2) is 54.6 Å². The number of esters is 1. The molecule has 1 aliphatic rings. The number of hydrogen-bond acceptors (Lipinski definition) is 3. The maximum absolute atomic E-state index is 13.1.